The summed E-state index contributed by atoms with van der Waals surface area (Å²) < 4.78 is 4.83. The number of epoxide rings is 1. The molecule has 0 radical (unpaired) electrons. The lowest BCUT2D eigenvalue weighted by atomic mass is 10.1. The van der Waals surface area contributed by atoms with E-state index in [0.717, 1.165) is 0 Å². The number of non-ortho nitro benzene ring substituents is 1. The van der Waals surface area contributed by atoms with Gasteiger partial charge >= 0.3 is 0 Å². The van der Waals surface area contributed by atoms with Crippen LogP contribution in [0, 0.1) is 10.1 Å². The van der Waals surface area contributed by atoms with Gasteiger partial charge in [0.25, 0.3) is 5.69 Å². The molecule has 78 valence electrons. The molecule has 6 nitrogen and oxygen atoms in total. The summed E-state index contributed by atoms with van der Waals surface area (Å²) in [6.07, 6.45) is -1.46. The van der Waals surface area contributed by atoms with Gasteiger partial charge in [-0.2, -0.15) is 0 Å². The van der Waals surface area contributed by atoms with Gasteiger partial charge in [0.05, 0.1) is 10.9 Å². The molecule has 15 heavy (non-hydrogen) atoms. The number of nitro benzene ring substituents is 1. The van der Waals surface area contributed by atoms with Crippen LogP contribution in [-0.2, 0) is 9.53 Å². The molecular weight excluding hydrogens is 202 g/mol. The van der Waals surface area contributed by atoms with Gasteiger partial charge in [0, 0.05) is 12.1 Å². The van der Waals surface area contributed by atoms with Gasteiger partial charge in [0.2, 0.25) is 0 Å². The summed E-state index contributed by atoms with van der Waals surface area (Å²) >= 11 is 0. The number of hydrogen-bond acceptors (Lipinski definition) is 5. The Balaban J connectivity index is 2.12. The van der Waals surface area contributed by atoms with Crippen molar-refractivity contribution < 1.29 is 19.6 Å². The van der Waals surface area contributed by atoms with Gasteiger partial charge in [-0.05, 0) is 17.7 Å². The fourth-order valence-corrected chi connectivity index (χ4v) is 1.33. The number of benzene rings is 1. The summed E-state index contributed by atoms with van der Waals surface area (Å²) in [7, 11) is 0. The summed E-state index contributed by atoms with van der Waals surface area (Å²) in [6, 6.07) is 5.57. The maximum Gasteiger partial charge on any atom is 0.269 e. The third-order valence-electron chi connectivity index (χ3n) is 2.16. The smallest absolute Gasteiger partial charge is 0.269 e. The summed E-state index contributed by atoms with van der Waals surface area (Å²) in [5.41, 5.74) is 0.569. The van der Waals surface area contributed by atoms with E-state index in [1.807, 2.05) is 0 Å². The molecule has 0 amide bonds. The zero-order chi connectivity index (χ0) is 11.0. The molecule has 0 bridgehead atoms. The Labute approximate surface area is 84.2 Å². The number of carbonyl (C=O) groups excluding carboxylic acids is 1. The molecule has 0 aliphatic carbocycles. The second kappa shape index (κ2) is 3.32. The average Bonchev–Trinajstić information content (AvgIpc) is 2.97. The van der Waals surface area contributed by atoms with Gasteiger partial charge in [-0.3, -0.25) is 10.1 Å². The Morgan fingerprint density at radius 3 is 2.33 bits per heavy atom. The molecule has 6 heteroatoms. The normalized spacial score (nSPS) is 23.5. The Bertz CT molecular complexity index is 413. The molecular formula is C9H6NO5-. The number of nitrogens with zero attached hydrogens (tertiary/aromatic N) is 1. The van der Waals surface area contributed by atoms with E-state index >= 15 is 0 Å². The number of carboxylic acids is 1. The van der Waals surface area contributed by atoms with E-state index in [0.29, 0.717) is 5.56 Å². The molecule has 1 aliphatic rings. The van der Waals surface area contributed by atoms with E-state index in [1.54, 1.807) is 0 Å². The number of nitro groups is 1. The second-order valence-corrected chi connectivity index (χ2v) is 3.14. The molecule has 1 fully saturated rings. The standard InChI is InChI=1S/C9H7NO5/c11-9(12)8-7(15-8)5-1-3-6(4-2-5)10(13)14/h1-4,7-8H,(H,11,12)/p-1/t7-,8-/m1/s1. The van der Waals surface area contributed by atoms with E-state index in [9.17, 15) is 20.0 Å². The Hall–Kier alpha value is -1.95. The number of aliphatic carboxylic acids is 1. The van der Waals surface area contributed by atoms with Crippen LogP contribution in [0.5, 0.6) is 0 Å². The maximum atomic E-state index is 10.4. The largest absolute Gasteiger partial charge is 0.547 e. The van der Waals surface area contributed by atoms with Crippen LogP contribution in [-0.4, -0.2) is 17.0 Å². The van der Waals surface area contributed by atoms with Crippen LogP contribution in [0.2, 0.25) is 0 Å². The van der Waals surface area contributed by atoms with Crippen LogP contribution >= 0.6 is 0 Å². The SMILES string of the molecule is O=C([O-])[C@@H]1O[C@@H]1c1ccc([N+](=O)[O-])cc1. The van der Waals surface area contributed by atoms with E-state index in [4.69, 9.17) is 4.74 Å². The highest BCUT2D eigenvalue weighted by Crippen LogP contribution is 2.38. The summed E-state index contributed by atoms with van der Waals surface area (Å²) in [4.78, 5) is 20.2. The molecule has 1 aliphatic heterocycles. The number of hydrogen-bond donors (Lipinski definition) is 0. The molecule has 0 N–H and O–H groups in total. The molecule has 2 rings (SSSR count). The van der Waals surface area contributed by atoms with E-state index < -0.39 is 23.1 Å². The fraction of sp³-hybridized carbons (Fsp3) is 0.222. The molecule has 1 aromatic rings. The minimum atomic E-state index is -1.27. The van der Waals surface area contributed by atoms with E-state index in [1.165, 1.54) is 24.3 Å². The summed E-state index contributed by atoms with van der Waals surface area (Å²) in [5.74, 6) is -1.27. The van der Waals surface area contributed by atoms with Crippen molar-refractivity contribution in [3.05, 3.63) is 39.9 Å². The van der Waals surface area contributed by atoms with Gasteiger partial charge < -0.3 is 14.6 Å². The van der Waals surface area contributed by atoms with Crippen LogP contribution in [0.3, 0.4) is 0 Å². The zero-order valence-corrected chi connectivity index (χ0v) is 7.45. The Morgan fingerprint density at radius 1 is 1.33 bits per heavy atom. The predicted octanol–water partition coefficient (Wildman–Crippen LogP) is -0.215. The van der Waals surface area contributed by atoms with Crippen molar-refractivity contribution in [2.24, 2.45) is 0 Å². The van der Waals surface area contributed by atoms with Crippen LogP contribution in [0.4, 0.5) is 5.69 Å². The quantitative estimate of drug-likeness (QED) is 0.389. The minimum absolute atomic E-state index is 0.0376. The molecule has 2 atom stereocenters. The maximum absolute atomic E-state index is 10.4. The first-order chi connectivity index (χ1) is 7.09. The second-order valence-electron chi connectivity index (χ2n) is 3.14. The van der Waals surface area contributed by atoms with Gasteiger partial charge in [-0.15, -0.1) is 0 Å². The molecule has 0 saturated carbocycles. The van der Waals surface area contributed by atoms with Crippen molar-refractivity contribution in [1.82, 2.24) is 0 Å². The lowest BCUT2D eigenvalue weighted by Crippen LogP contribution is -2.28. The first-order valence-electron chi connectivity index (χ1n) is 4.20. The highest BCUT2D eigenvalue weighted by Gasteiger charge is 2.41. The highest BCUT2D eigenvalue weighted by molar-refractivity contribution is 5.74. The van der Waals surface area contributed by atoms with Crippen LogP contribution in [0.25, 0.3) is 0 Å². The first kappa shape index (κ1) is 9.60. The highest BCUT2D eigenvalue weighted by atomic mass is 16.6. The van der Waals surface area contributed by atoms with Crippen LogP contribution in [0.1, 0.15) is 11.7 Å². The van der Waals surface area contributed by atoms with Crippen molar-refractivity contribution in [2.75, 3.05) is 0 Å². The summed E-state index contributed by atoms with van der Waals surface area (Å²) in [6.45, 7) is 0. The van der Waals surface area contributed by atoms with Crippen molar-refractivity contribution in [3.63, 3.8) is 0 Å². The Kier molecular flexibility index (Phi) is 2.12. The lowest BCUT2D eigenvalue weighted by molar-refractivity contribution is -0.384. The molecule has 0 spiro atoms. The molecule has 0 unspecified atom stereocenters. The third kappa shape index (κ3) is 1.79. The molecule has 1 saturated heterocycles. The van der Waals surface area contributed by atoms with Gasteiger partial charge in [0.1, 0.15) is 12.2 Å². The molecule has 1 heterocycles. The third-order valence-corrected chi connectivity index (χ3v) is 2.16. The van der Waals surface area contributed by atoms with Crippen molar-refractivity contribution in [3.8, 4) is 0 Å². The van der Waals surface area contributed by atoms with Crippen molar-refractivity contribution in [1.29, 1.82) is 0 Å². The van der Waals surface area contributed by atoms with Crippen molar-refractivity contribution in [2.45, 2.75) is 12.2 Å². The predicted molar refractivity (Wildman–Crippen MR) is 45.7 cm³/mol. The van der Waals surface area contributed by atoms with Crippen molar-refractivity contribution >= 4 is 11.7 Å². The number of rotatable bonds is 3. The van der Waals surface area contributed by atoms with Gasteiger partial charge in [-0.1, -0.05) is 0 Å². The first-order valence-corrected chi connectivity index (χ1v) is 4.20. The van der Waals surface area contributed by atoms with Gasteiger partial charge in [-0.25, -0.2) is 0 Å². The monoisotopic (exact) mass is 208 g/mol. The van der Waals surface area contributed by atoms with Crippen LogP contribution < -0.4 is 5.11 Å². The van der Waals surface area contributed by atoms with E-state index in [-0.39, 0.29) is 5.69 Å². The van der Waals surface area contributed by atoms with Gasteiger partial charge in [0.15, 0.2) is 0 Å². The average molecular weight is 208 g/mol. The molecule has 1 aromatic carbocycles. The van der Waals surface area contributed by atoms with E-state index in [2.05, 4.69) is 0 Å². The number of ether oxygens (including phenoxy) is 1. The fourth-order valence-electron chi connectivity index (χ4n) is 1.33. The van der Waals surface area contributed by atoms with Crippen LogP contribution in [0.15, 0.2) is 24.3 Å². The number of carbonyl (C=O) groups is 1. The number of carboxylic acid groups (broad SMARTS) is 1. The Morgan fingerprint density at radius 2 is 1.93 bits per heavy atom. The topological polar surface area (TPSA) is 95.8 Å². The minimum Gasteiger partial charge on any atom is -0.547 e. The summed E-state index contributed by atoms with van der Waals surface area (Å²) in [5, 5.41) is 20.7. The zero-order valence-electron chi connectivity index (χ0n) is 7.45. The molecule has 0 aromatic heterocycles. The lowest BCUT2D eigenvalue weighted by Gasteiger charge is -1.96.